The van der Waals surface area contributed by atoms with Gasteiger partial charge in [-0.3, -0.25) is 38.8 Å². The summed E-state index contributed by atoms with van der Waals surface area (Å²) in [7, 11) is -0.208. The number of alkyl halides is 6. The second kappa shape index (κ2) is 33.1. The van der Waals surface area contributed by atoms with Gasteiger partial charge in [0.05, 0.1) is 36.3 Å². The largest absolute Gasteiger partial charge is 0.497 e. The number of halogens is 8. The second-order valence-electron chi connectivity index (χ2n) is 26.8. The highest BCUT2D eigenvalue weighted by molar-refractivity contribution is 7.89. The number of nitrogens with one attached hydrogen (secondary N) is 6. The number of aromatic amines is 4. The monoisotopic (exact) mass is 1590 g/mol. The van der Waals surface area contributed by atoms with Crippen LogP contribution in [0.4, 0.5) is 92.5 Å². The van der Waals surface area contributed by atoms with Crippen LogP contribution in [0.3, 0.4) is 0 Å². The summed E-state index contributed by atoms with van der Waals surface area (Å²) in [6, 6.07) is 41.2. The van der Waals surface area contributed by atoms with Gasteiger partial charge in [0.25, 0.3) is 23.6 Å². The topological polar surface area (TPSA) is 257 Å². The minimum Gasteiger partial charge on any atom is -0.497 e. The first-order valence-corrected chi connectivity index (χ1v) is 37.1. The number of methoxy groups -OCH3 is 1. The SMILES string of the molecule is C=C1C=Cc2cc(C(=O)N3CCN(C)CC3)[nH]c2N1c1ccc(F)cc1.C=C1C=Cc2cc(C(=O)N3CCOCC3)[nH]c2N1c1ccc(C(F)(F)F)cc1.C=C1C=Cc2cc(C(=O)Nc3ccc(S(N)(=O)=O)cc3)[nH]c2N1c1ccc(F)cc1.C=C1C=Cc2cc(C(=O)Nc3cccc(OC)c3)[nH]c2N1c1ccc(C(F)(F)F)cc1. The van der Waals surface area contributed by atoms with Crippen molar-refractivity contribution in [1.29, 1.82) is 0 Å². The highest BCUT2D eigenvalue weighted by atomic mass is 32.2. The molecule has 8 N–H and O–H groups in total. The van der Waals surface area contributed by atoms with Gasteiger partial charge in [0, 0.05) is 125 Å². The fraction of sp³-hybridized carbons (Fsp3) is 0.143. The standard InChI is InChI=1S/C23H18F3N3O2.C21H17FN4O3S.C20H18F3N3O2.C20H21FN4O/c1-14-6-7-15-12-20(22(30)27-17-4-3-5-19(13-17)31-2)28-21(15)29(14)18-10-8-16(9-11-18)23(24,25)26;1-13-2-3-14-12-19(25-20(14)26(13)17-8-4-15(22)5-9-17)21(27)24-16-6-10-18(11-7-16)30(23,28)29;1-13-2-3-14-12-17(19(27)25-8-10-28-11-9-25)24-18(14)26(13)16-6-4-15(5-7-16)20(21,22)23;1-14-3-4-15-13-18(20(26)24-11-9-23(2)10-12-24)22-19(15)25(14)17-7-5-16(21)6-8-17/h3-13,28H,1H2,2H3,(H,27,30);2-12,25H,1H2,(H,24,27)(H2,23,28,29);2-7,12,24H,1,8-11H2;3-8,13,22H,1,9-12H2,2H3. The van der Waals surface area contributed by atoms with E-state index in [9.17, 15) is 62.7 Å². The third-order valence-electron chi connectivity index (χ3n) is 19.1. The molecule has 0 saturated carbocycles. The Morgan fingerprint density at radius 1 is 0.443 bits per heavy atom. The molecule has 31 heteroatoms. The molecule has 0 spiro atoms. The first-order chi connectivity index (χ1) is 54.8. The molecule has 2 saturated heterocycles. The lowest BCUT2D eigenvalue weighted by atomic mass is 10.1. The molecule has 0 radical (unpaired) electrons. The van der Waals surface area contributed by atoms with Crippen molar-refractivity contribution in [1.82, 2.24) is 34.6 Å². The van der Waals surface area contributed by atoms with Crippen LogP contribution in [0.25, 0.3) is 24.3 Å². The fourth-order valence-electron chi connectivity index (χ4n) is 13.1. The summed E-state index contributed by atoms with van der Waals surface area (Å²) in [6.45, 7) is 21.3. The van der Waals surface area contributed by atoms with Gasteiger partial charge in [-0.15, -0.1) is 0 Å². The Bertz CT molecular complexity index is 5650. The smallest absolute Gasteiger partial charge is 0.416 e. The normalized spacial score (nSPS) is 15.1. The number of allylic oxidation sites excluding steroid dienone is 4. The van der Waals surface area contributed by atoms with Crippen LogP contribution in [0.2, 0.25) is 0 Å². The number of benzene rings is 6. The molecule has 6 aliphatic heterocycles. The fourth-order valence-corrected chi connectivity index (χ4v) is 13.6. The van der Waals surface area contributed by atoms with Crippen LogP contribution in [0.15, 0.2) is 248 Å². The Hall–Kier alpha value is -13.5. The number of morpholine rings is 1. The zero-order valence-corrected chi connectivity index (χ0v) is 62.5. The number of nitrogens with two attached hydrogens (primary N) is 1. The van der Waals surface area contributed by atoms with Gasteiger partial charge < -0.3 is 54.7 Å². The van der Waals surface area contributed by atoms with E-state index in [2.05, 4.69) is 68.8 Å². The number of carbonyl (C=O) groups is 4. The third-order valence-corrected chi connectivity index (χ3v) is 20.0. The maximum absolute atomic E-state index is 13.3. The predicted molar refractivity (Wildman–Crippen MR) is 427 cm³/mol. The van der Waals surface area contributed by atoms with E-state index < -0.39 is 39.4 Å². The van der Waals surface area contributed by atoms with Crippen molar-refractivity contribution in [2.45, 2.75) is 17.2 Å². The number of hydrogen-bond donors (Lipinski definition) is 7. The zero-order valence-electron chi connectivity index (χ0n) is 61.7. The molecule has 10 aromatic rings. The molecule has 590 valence electrons. The number of carbonyl (C=O) groups excluding carboxylic acids is 4. The molecule has 0 bridgehead atoms. The van der Waals surface area contributed by atoms with Crippen LogP contribution in [0.1, 0.15) is 75.3 Å². The Kier molecular flexibility index (Phi) is 22.9. The number of hydrogen-bond acceptors (Lipinski definition) is 13. The molecule has 4 aromatic heterocycles. The molecule has 0 aliphatic carbocycles. The third kappa shape index (κ3) is 18.0. The molecule has 115 heavy (non-hydrogen) atoms. The number of amides is 4. The van der Waals surface area contributed by atoms with E-state index in [1.165, 1.54) is 79.9 Å². The Morgan fingerprint density at radius 3 is 1.14 bits per heavy atom. The average molecular weight is 1590 g/mol. The molecule has 4 amide bonds. The molecule has 0 unspecified atom stereocenters. The zero-order chi connectivity index (χ0) is 81.8. The molecular weight excluding hydrogens is 1520 g/mol. The van der Waals surface area contributed by atoms with E-state index in [1.54, 1.807) is 111 Å². The van der Waals surface area contributed by atoms with E-state index in [4.69, 9.17) is 14.6 Å². The number of fused-ring (bicyclic) bond motifs is 4. The van der Waals surface area contributed by atoms with Crippen molar-refractivity contribution in [2.75, 3.05) is 96.9 Å². The minimum absolute atomic E-state index is 0.00516. The van der Waals surface area contributed by atoms with Crippen molar-refractivity contribution < 1.29 is 72.2 Å². The van der Waals surface area contributed by atoms with Crippen molar-refractivity contribution in [2.24, 2.45) is 5.14 Å². The summed E-state index contributed by atoms with van der Waals surface area (Å²) < 4.78 is 137. The van der Waals surface area contributed by atoms with E-state index in [0.29, 0.717) is 123 Å². The van der Waals surface area contributed by atoms with Gasteiger partial charge in [-0.2, -0.15) is 26.3 Å². The molecule has 6 aliphatic rings. The summed E-state index contributed by atoms with van der Waals surface area (Å²) in [5, 5.41) is 10.6. The molecule has 2 fully saturated rings. The Morgan fingerprint density at radius 2 is 0.783 bits per heavy atom. The van der Waals surface area contributed by atoms with E-state index >= 15 is 0 Å². The number of anilines is 10. The van der Waals surface area contributed by atoms with Crippen molar-refractivity contribution in [3.8, 4) is 5.75 Å². The summed E-state index contributed by atoms with van der Waals surface area (Å²) in [5.41, 5.74) is 9.30. The van der Waals surface area contributed by atoms with Gasteiger partial charge in [0.15, 0.2) is 0 Å². The van der Waals surface area contributed by atoms with Crippen molar-refractivity contribution in [3.63, 3.8) is 0 Å². The number of rotatable bonds is 12. The number of aromatic nitrogens is 4. The summed E-state index contributed by atoms with van der Waals surface area (Å²) in [4.78, 5) is 76.3. The average Bonchev–Trinajstić information content (AvgIpc) is 1.65. The number of H-pyrrole nitrogens is 4. The molecule has 6 aromatic carbocycles. The van der Waals surface area contributed by atoms with Gasteiger partial charge in [0.1, 0.15) is 63.4 Å². The maximum Gasteiger partial charge on any atom is 0.416 e. The minimum atomic E-state index is -4.42. The van der Waals surface area contributed by atoms with E-state index in [1.807, 2.05) is 40.2 Å². The summed E-state index contributed by atoms with van der Waals surface area (Å²) in [6.07, 6.45) is 5.75. The molecule has 16 rings (SSSR count). The summed E-state index contributed by atoms with van der Waals surface area (Å²) in [5.74, 6) is 1.62. The highest BCUT2D eigenvalue weighted by Gasteiger charge is 2.35. The van der Waals surface area contributed by atoms with Crippen LogP contribution in [0, 0.1) is 11.6 Å². The lowest BCUT2D eigenvalue weighted by Crippen LogP contribution is -2.47. The van der Waals surface area contributed by atoms with Crippen LogP contribution >= 0.6 is 0 Å². The Balaban J connectivity index is 0.000000134. The van der Waals surface area contributed by atoms with E-state index in [-0.39, 0.29) is 34.3 Å². The van der Waals surface area contributed by atoms with Crippen LogP contribution in [-0.4, -0.2) is 133 Å². The number of likely N-dealkylation sites (N-methyl/N-ethyl adjacent to an activating group) is 1. The molecule has 0 atom stereocenters. The highest BCUT2D eigenvalue weighted by Crippen LogP contribution is 2.43. The number of nitrogens with zero attached hydrogens (tertiary/aromatic N) is 7. The number of piperazine rings is 1. The second-order valence-corrected chi connectivity index (χ2v) is 28.4. The number of ether oxygens (including phenoxy) is 2. The van der Waals surface area contributed by atoms with Gasteiger partial charge in [0.2, 0.25) is 10.0 Å². The van der Waals surface area contributed by atoms with Gasteiger partial charge in [-0.05, 0) is 213 Å². The van der Waals surface area contributed by atoms with Crippen LogP contribution in [-0.2, 0) is 27.1 Å². The van der Waals surface area contributed by atoms with Gasteiger partial charge in [-0.1, -0.05) is 32.4 Å². The van der Waals surface area contributed by atoms with Crippen molar-refractivity contribution in [3.05, 3.63) is 311 Å². The predicted octanol–water partition coefficient (Wildman–Crippen LogP) is 17.1. The molecule has 10 heterocycles. The lowest BCUT2D eigenvalue weighted by molar-refractivity contribution is -0.138. The first kappa shape index (κ1) is 79.6. The van der Waals surface area contributed by atoms with Gasteiger partial charge >= 0.3 is 12.4 Å². The Labute approximate surface area is 655 Å². The molecular formula is C84H74F8N14O8S. The number of primary sulfonamides is 1. The van der Waals surface area contributed by atoms with Gasteiger partial charge in [-0.25, -0.2) is 22.3 Å². The van der Waals surface area contributed by atoms with Crippen molar-refractivity contribution >= 4 is 115 Å². The van der Waals surface area contributed by atoms with Crippen LogP contribution < -0.4 is 40.1 Å². The maximum atomic E-state index is 13.3. The quantitative estimate of drug-likeness (QED) is 0.0563. The van der Waals surface area contributed by atoms with Crippen LogP contribution in [0.5, 0.6) is 5.75 Å². The lowest BCUT2D eigenvalue weighted by Gasteiger charge is -2.32. The first-order valence-electron chi connectivity index (χ1n) is 35.6. The number of sulfonamides is 1. The van der Waals surface area contributed by atoms with E-state index in [0.717, 1.165) is 84.3 Å². The molecule has 22 nitrogen and oxygen atoms in total. The summed E-state index contributed by atoms with van der Waals surface area (Å²) >= 11 is 0.